The van der Waals surface area contributed by atoms with Crippen LogP contribution in [0.25, 0.3) is 0 Å². The number of nitrogens with zero attached hydrogens (tertiary/aromatic N) is 2. The van der Waals surface area contributed by atoms with Crippen molar-refractivity contribution < 1.29 is 9.47 Å². The molecule has 1 aliphatic rings. The highest BCUT2D eigenvalue weighted by molar-refractivity contribution is 5.54. The Morgan fingerprint density at radius 1 is 1.24 bits per heavy atom. The lowest BCUT2D eigenvalue weighted by molar-refractivity contribution is 0.373. The van der Waals surface area contributed by atoms with Crippen LogP contribution < -0.4 is 15.2 Å². The second kappa shape index (κ2) is 5.33. The number of aryl methyl sites for hydroxylation is 2. The van der Waals surface area contributed by atoms with E-state index in [9.17, 15) is 5.26 Å². The minimum atomic E-state index is 0.321. The van der Waals surface area contributed by atoms with Crippen molar-refractivity contribution in [2.45, 2.75) is 19.3 Å². The molecule has 0 aliphatic heterocycles. The minimum absolute atomic E-state index is 0.321. The third-order valence-corrected chi connectivity index (χ3v) is 3.53. The Balaban J connectivity index is 2.00. The van der Waals surface area contributed by atoms with Crippen LogP contribution in [0.5, 0.6) is 17.4 Å². The molecule has 0 amide bonds. The number of anilines is 1. The van der Waals surface area contributed by atoms with Crippen molar-refractivity contribution in [3.8, 4) is 23.4 Å². The average Bonchev–Trinajstić information content (AvgIpc) is 2.95. The van der Waals surface area contributed by atoms with Gasteiger partial charge < -0.3 is 15.2 Å². The monoisotopic (exact) mass is 281 g/mol. The Hall–Kier alpha value is -2.74. The van der Waals surface area contributed by atoms with Crippen LogP contribution in [0.1, 0.15) is 23.2 Å². The lowest BCUT2D eigenvalue weighted by Gasteiger charge is -2.12. The molecular weight excluding hydrogens is 266 g/mol. The van der Waals surface area contributed by atoms with Gasteiger partial charge in [0.1, 0.15) is 11.6 Å². The van der Waals surface area contributed by atoms with Gasteiger partial charge in [-0.15, -0.1) is 0 Å². The van der Waals surface area contributed by atoms with Crippen molar-refractivity contribution in [1.29, 1.82) is 5.26 Å². The quantitative estimate of drug-likeness (QED) is 0.875. The molecule has 5 heteroatoms. The van der Waals surface area contributed by atoms with E-state index in [4.69, 9.17) is 15.2 Å². The molecule has 0 saturated heterocycles. The molecule has 2 N–H and O–H groups in total. The number of hydrogen-bond donors (Lipinski definition) is 1. The maximum absolute atomic E-state index is 9.28. The average molecular weight is 281 g/mol. The van der Waals surface area contributed by atoms with E-state index >= 15 is 0 Å². The lowest BCUT2D eigenvalue weighted by atomic mass is 10.1. The molecular formula is C16H15N3O2. The first-order valence-electron chi connectivity index (χ1n) is 6.75. The molecule has 1 heterocycles. The fourth-order valence-corrected chi connectivity index (χ4v) is 2.48. The highest BCUT2D eigenvalue weighted by atomic mass is 16.5. The summed E-state index contributed by atoms with van der Waals surface area (Å²) in [4.78, 5) is 4.49. The Bertz CT molecular complexity index is 735. The van der Waals surface area contributed by atoms with Crippen LogP contribution in [-0.4, -0.2) is 12.1 Å². The number of rotatable bonds is 3. The standard InChI is InChI=1S/C16H15N3O2/c1-20-15-8-12(18)5-6-14(15)21-16-11(9-17)7-10-3-2-4-13(10)19-16/h5-8H,2-4,18H2,1H3. The van der Waals surface area contributed by atoms with Gasteiger partial charge in [-0.2, -0.15) is 5.26 Å². The van der Waals surface area contributed by atoms with E-state index in [-0.39, 0.29) is 0 Å². The van der Waals surface area contributed by atoms with Crippen LogP contribution in [0.3, 0.4) is 0 Å². The zero-order valence-electron chi connectivity index (χ0n) is 11.7. The largest absolute Gasteiger partial charge is 0.493 e. The van der Waals surface area contributed by atoms with Crippen molar-refractivity contribution in [3.05, 3.63) is 41.1 Å². The molecule has 5 nitrogen and oxygen atoms in total. The number of benzene rings is 1. The molecule has 0 radical (unpaired) electrons. The number of ether oxygens (including phenoxy) is 2. The van der Waals surface area contributed by atoms with Crippen LogP contribution >= 0.6 is 0 Å². The molecule has 2 aromatic rings. The van der Waals surface area contributed by atoms with E-state index in [1.54, 1.807) is 25.3 Å². The topological polar surface area (TPSA) is 81.2 Å². The first kappa shape index (κ1) is 13.3. The van der Waals surface area contributed by atoms with E-state index < -0.39 is 0 Å². The lowest BCUT2D eigenvalue weighted by Crippen LogP contribution is -1.99. The summed E-state index contributed by atoms with van der Waals surface area (Å²) >= 11 is 0. The van der Waals surface area contributed by atoms with Gasteiger partial charge in [0.2, 0.25) is 5.88 Å². The van der Waals surface area contributed by atoms with Gasteiger partial charge in [0.15, 0.2) is 11.5 Å². The number of aromatic nitrogens is 1. The summed E-state index contributed by atoms with van der Waals surface area (Å²) in [6, 6.07) is 9.12. The van der Waals surface area contributed by atoms with Crippen LogP contribution in [0.15, 0.2) is 24.3 Å². The van der Waals surface area contributed by atoms with Gasteiger partial charge in [0, 0.05) is 17.4 Å². The molecule has 1 aromatic carbocycles. The highest BCUT2D eigenvalue weighted by Crippen LogP contribution is 2.35. The number of methoxy groups -OCH3 is 1. The maximum Gasteiger partial charge on any atom is 0.237 e. The number of nitrogens with two attached hydrogens (primary N) is 1. The maximum atomic E-state index is 9.28. The first-order valence-corrected chi connectivity index (χ1v) is 6.75. The second-order valence-electron chi connectivity index (χ2n) is 4.92. The summed E-state index contributed by atoms with van der Waals surface area (Å²) in [5.41, 5.74) is 8.90. The smallest absolute Gasteiger partial charge is 0.237 e. The fraction of sp³-hybridized carbons (Fsp3) is 0.250. The molecule has 1 aliphatic carbocycles. The van der Waals surface area contributed by atoms with Crippen molar-refractivity contribution in [3.63, 3.8) is 0 Å². The molecule has 3 rings (SSSR count). The Morgan fingerprint density at radius 3 is 2.86 bits per heavy atom. The van der Waals surface area contributed by atoms with Crippen molar-refractivity contribution in [2.75, 3.05) is 12.8 Å². The summed E-state index contributed by atoms with van der Waals surface area (Å²) < 4.78 is 11.0. The SMILES string of the molecule is COc1cc(N)ccc1Oc1nc2c(cc1C#N)CCC2. The van der Waals surface area contributed by atoms with Gasteiger partial charge in [-0.05, 0) is 43.0 Å². The third-order valence-electron chi connectivity index (χ3n) is 3.53. The van der Waals surface area contributed by atoms with E-state index in [1.807, 2.05) is 6.07 Å². The minimum Gasteiger partial charge on any atom is -0.493 e. The molecule has 0 atom stereocenters. The number of fused-ring (bicyclic) bond motifs is 1. The van der Waals surface area contributed by atoms with Gasteiger partial charge in [0.25, 0.3) is 0 Å². The molecule has 1 aromatic heterocycles. The number of nitrogen functional groups attached to an aromatic ring is 1. The summed E-state index contributed by atoms with van der Waals surface area (Å²) in [7, 11) is 1.54. The molecule has 0 unspecified atom stereocenters. The number of hydrogen-bond acceptors (Lipinski definition) is 5. The fourth-order valence-electron chi connectivity index (χ4n) is 2.48. The van der Waals surface area contributed by atoms with Crippen LogP contribution in [0.2, 0.25) is 0 Å². The van der Waals surface area contributed by atoms with E-state index in [0.29, 0.717) is 28.6 Å². The number of pyridine rings is 1. The van der Waals surface area contributed by atoms with Crippen molar-refractivity contribution in [1.82, 2.24) is 4.98 Å². The summed E-state index contributed by atoms with van der Waals surface area (Å²) in [5.74, 6) is 1.33. The molecule has 0 saturated carbocycles. The van der Waals surface area contributed by atoms with Crippen LogP contribution in [0, 0.1) is 11.3 Å². The highest BCUT2D eigenvalue weighted by Gasteiger charge is 2.18. The number of nitriles is 1. The normalized spacial score (nSPS) is 12.6. The van der Waals surface area contributed by atoms with Gasteiger partial charge in [0.05, 0.1) is 7.11 Å². The molecule has 0 bridgehead atoms. The third kappa shape index (κ3) is 2.48. The predicted octanol–water partition coefficient (Wildman–Crippen LogP) is 2.83. The Labute approximate surface area is 122 Å². The zero-order valence-corrected chi connectivity index (χ0v) is 11.7. The molecule has 106 valence electrons. The van der Waals surface area contributed by atoms with Gasteiger partial charge in [-0.1, -0.05) is 0 Å². The summed E-state index contributed by atoms with van der Waals surface area (Å²) in [5, 5.41) is 9.28. The van der Waals surface area contributed by atoms with E-state index in [0.717, 1.165) is 30.5 Å². The van der Waals surface area contributed by atoms with Crippen LogP contribution in [-0.2, 0) is 12.8 Å². The Morgan fingerprint density at radius 2 is 2.10 bits per heavy atom. The Kier molecular flexibility index (Phi) is 3.36. The van der Waals surface area contributed by atoms with E-state index in [1.165, 1.54) is 0 Å². The van der Waals surface area contributed by atoms with Crippen molar-refractivity contribution in [2.24, 2.45) is 0 Å². The second-order valence-corrected chi connectivity index (χ2v) is 4.92. The summed E-state index contributed by atoms with van der Waals surface area (Å²) in [6.07, 6.45) is 2.97. The van der Waals surface area contributed by atoms with Gasteiger partial charge >= 0.3 is 0 Å². The molecule has 0 spiro atoms. The summed E-state index contributed by atoms with van der Waals surface area (Å²) in [6.45, 7) is 0. The van der Waals surface area contributed by atoms with Crippen molar-refractivity contribution >= 4 is 5.69 Å². The first-order chi connectivity index (χ1) is 10.2. The molecule has 0 fully saturated rings. The van der Waals surface area contributed by atoms with Gasteiger partial charge in [-0.3, -0.25) is 0 Å². The molecule has 21 heavy (non-hydrogen) atoms. The van der Waals surface area contributed by atoms with Gasteiger partial charge in [-0.25, -0.2) is 4.98 Å². The van der Waals surface area contributed by atoms with E-state index in [2.05, 4.69) is 11.1 Å². The predicted molar refractivity (Wildman–Crippen MR) is 78.5 cm³/mol. The zero-order chi connectivity index (χ0) is 14.8. The van der Waals surface area contributed by atoms with Crippen LogP contribution in [0.4, 0.5) is 5.69 Å².